The van der Waals surface area contributed by atoms with E-state index >= 15 is 0 Å². The molecule has 1 aliphatic heterocycles. The van der Waals surface area contributed by atoms with Crippen molar-refractivity contribution < 1.29 is 9.53 Å². The highest BCUT2D eigenvalue weighted by Crippen LogP contribution is 2.21. The molecule has 4 nitrogen and oxygen atoms in total. The number of amidine groups is 1. The van der Waals surface area contributed by atoms with E-state index in [1.54, 1.807) is 13.2 Å². The maximum Gasteiger partial charge on any atom is 0.275 e. The first-order valence-electron chi connectivity index (χ1n) is 7.64. The highest BCUT2D eigenvalue weighted by atomic mass is 79.9. The number of nitrogens with one attached hydrogen (secondary N) is 1. The van der Waals surface area contributed by atoms with Gasteiger partial charge in [-0.3, -0.25) is 4.79 Å². The van der Waals surface area contributed by atoms with Crippen molar-refractivity contribution in [3.05, 3.63) is 69.8 Å². The van der Waals surface area contributed by atoms with E-state index in [4.69, 9.17) is 4.74 Å². The molecule has 1 N–H and O–H groups in total. The van der Waals surface area contributed by atoms with Gasteiger partial charge in [0.05, 0.1) is 7.11 Å². The summed E-state index contributed by atoms with van der Waals surface area (Å²) in [6.45, 7) is 0. The average Bonchev–Trinajstić information content (AvgIpc) is 2.95. The van der Waals surface area contributed by atoms with Crippen molar-refractivity contribution in [2.24, 2.45) is 4.99 Å². The summed E-state index contributed by atoms with van der Waals surface area (Å²) in [6.07, 6.45) is 3.29. The van der Waals surface area contributed by atoms with Crippen LogP contribution in [-0.2, 0) is 11.2 Å². The van der Waals surface area contributed by atoms with E-state index in [1.165, 1.54) is 5.56 Å². The van der Waals surface area contributed by atoms with Crippen LogP contribution in [0, 0.1) is 0 Å². The molecule has 2 aromatic rings. The van der Waals surface area contributed by atoms with Crippen molar-refractivity contribution in [1.82, 2.24) is 5.32 Å². The molecule has 0 saturated carbocycles. The van der Waals surface area contributed by atoms with E-state index in [2.05, 4.69) is 26.2 Å². The normalized spacial score (nSPS) is 15.3. The van der Waals surface area contributed by atoms with Crippen LogP contribution in [0.1, 0.15) is 17.5 Å². The first-order chi connectivity index (χ1) is 11.7. The molecule has 0 saturated heterocycles. The first kappa shape index (κ1) is 16.5. The van der Waals surface area contributed by atoms with Gasteiger partial charge in [0.25, 0.3) is 5.91 Å². The van der Waals surface area contributed by atoms with Gasteiger partial charge in [0, 0.05) is 10.9 Å². The number of methoxy groups -OCH3 is 1. The van der Waals surface area contributed by atoms with Crippen LogP contribution >= 0.6 is 15.9 Å². The topological polar surface area (TPSA) is 50.7 Å². The van der Waals surface area contributed by atoms with Crippen LogP contribution in [0.4, 0.5) is 0 Å². The summed E-state index contributed by atoms with van der Waals surface area (Å²) in [5, 5.41) is 2.84. The summed E-state index contributed by atoms with van der Waals surface area (Å²) >= 11 is 3.48. The molecule has 0 fully saturated rings. The zero-order valence-corrected chi connectivity index (χ0v) is 14.8. The Kier molecular flexibility index (Phi) is 5.11. The molecule has 0 radical (unpaired) electrons. The fourth-order valence-corrected chi connectivity index (χ4v) is 2.83. The number of nitrogens with zero attached hydrogens (tertiary/aromatic N) is 1. The van der Waals surface area contributed by atoms with Crippen molar-refractivity contribution in [3.8, 4) is 5.75 Å². The number of hydrogen-bond donors (Lipinski definition) is 1. The minimum Gasteiger partial charge on any atom is -0.497 e. The van der Waals surface area contributed by atoms with Crippen LogP contribution in [0.3, 0.4) is 0 Å². The highest BCUT2D eigenvalue weighted by molar-refractivity contribution is 9.10. The predicted molar refractivity (Wildman–Crippen MR) is 99.0 cm³/mol. The van der Waals surface area contributed by atoms with Crippen LogP contribution < -0.4 is 10.1 Å². The average molecular weight is 385 g/mol. The quantitative estimate of drug-likeness (QED) is 0.793. The number of halogens is 1. The van der Waals surface area contributed by atoms with Crippen LogP contribution in [0.5, 0.6) is 5.75 Å². The Morgan fingerprint density at radius 2 is 1.88 bits per heavy atom. The Labute approximate surface area is 149 Å². The number of carbonyl (C=O) groups is 1. The lowest BCUT2D eigenvalue weighted by atomic mass is 10.1. The van der Waals surface area contributed by atoms with Crippen LogP contribution in [-0.4, -0.2) is 18.9 Å². The summed E-state index contributed by atoms with van der Waals surface area (Å²) in [7, 11) is 1.65. The van der Waals surface area contributed by atoms with E-state index in [0.29, 0.717) is 18.0 Å². The third kappa shape index (κ3) is 3.92. The zero-order valence-electron chi connectivity index (χ0n) is 13.3. The molecule has 1 aliphatic rings. The number of ether oxygens (including phenoxy) is 1. The predicted octanol–water partition coefficient (Wildman–Crippen LogP) is 3.96. The van der Waals surface area contributed by atoms with E-state index < -0.39 is 0 Å². The fraction of sp³-hybridized carbons (Fsp3) is 0.158. The first-order valence-corrected chi connectivity index (χ1v) is 8.43. The van der Waals surface area contributed by atoms with Gasteiger partial charge in [-0.15, -0.1) is 0 Å². The summed E-state index contributed by atoms with van der Waals surface area (Å²) in [4.78, 5) is 16.5. The van der Waals surface area contributed by atoms with Gasteiger partial charge >= 0.3 is 0 Å². The lowest BCUT2D eigenvalue weighted by Crippen LogP contribution is -2.24. The maximum absolute atomic E-state index is 12.1. The third-order valence-electron chi connectivity index (χ3n) is 3.75. The van der Waals surface area contributed by atoms with Gasteiger partial charge in [-0.1, -0.05) is 46.3 Å². The van der Waals surface area contributed by atoms with Gasteiger partial charge < -0.3 is 10.1 Å². The van der Waals surface area contributed by atoms with Gasteiger partial charge in [-0.2, -0.15) is 0 Å². The van der Waals surface area contributed by atoms with E-state index in [-0.39, 0.29) is 5.91 Å². The second kappa shape index (κ2) is 7.45. The number of carbonyl (C=O) groups excluding carboxylic acids is 1. The Balaban J connectivity index is 1.69. The summed E-state index contributed by atoms with van der Waals surface area (Å²) < 4.78 is 6.09. The van der Waals surface area contributed by atoms with Crippen molar-refractivity contribution in [2.45, 2.75) is 12.8 Å². The highest BCUT2D eigenvalue weighted by Gasteiger charge is 2.19. The van der Waals surface area contributed by atoms with Crippen molar-refractivity contribution in [3.63, 3.8) is 0 Å². The summed E-state index contributed by atoms with van der Waals surface area (Å²) in [6, 6.07) is 15.7. The fourth-order valence-electron chi connectivity index (χ4n) is 2.43. The Morgan fingerprint density at radius 3 is 2.58 bits per heavy atom. The SMILES string of the molecule is COc1ccc(CCC2=N/C(=C\c3ccccc3Br)C(=O)N2)cc1. The largest absolute Gasteiger partial charge is 0.497 e. The molecule has 0 bridgehead atoms. The van der Waals surface area contributed by atoms with Gasteiger partial charge in [-0.05, 0) is 41.8 Å². The number of aryl methyl sites for hydroxylation is 1. The Morgan fingerprint density at radius 1 is 1.12 bits per heavy atom. The molecule has 0 unspecified atom stereocenters. The van der Waals surface area contributed by atoms with Gasteiger partial charge in [0.1, 0.15) is 17.3 Å². The monoisotopic (exact) mass is 384 g/mol. The minimum atomic E-state index is -0.157. The molecular weight excluding hydrogens is 368 g/mol. The Hall–Kier alpha value is -2.40. The van der Waals surface area contributed by atoms with Crippen molar-refractivity contribution >= 4 is 33.7 Å². The van der Waals surface area contributed by atoms with Gasteiger partial charge in [0.15, 0.2) is 0 Å². The molecular formula is C19H17BrN2O2. The smallest absolute Gasteiger partial charge is 0.275 e. The number of benzene rings is 2. The second-order valence-electron chi connectivity index (χ2n) is 5.41. The molecule has 0 aromatic heterocycles. The molecule has 0 aliphatic carbocycles. The maximum atomic E-state index is 12.1. The second-order valence-corrected chi connectivity index (χ2v) is 6.27. The molecule has 0 spiro atoms. The van der Waals surface area contributed by atoms with Crippen LogP contribution in [0.15, 0.2) is 63.7 Å². The van der Waals surface area contributed by atoms with Crippen LogP contribution in [0.2, 0.25) is 0 Å². The third-order valence-corrected chi connectivity index (χ3v) is 4.48. The lowest BCUT2D eigenvalue weighted by molar-refractivity contribution is -0.115. The molecule has 2 aromatic carbocycles. The number of hydrogen-bond acceptors (Lipinski definition) is 3. The van der Waals surface area contributed by atoms with Crippen molar-refractivity contribution in [1.29, 1.82) is 0 Å². The summed E-state index contributed by atoms with van der Waals surface area (Å²) in [5.74, 6) is 1.38. The number of amides is 1. The molecule has 1 heterocycles. The lowest BCUT2D eigenvalue weighted by Gasteiger charge is -2.03. The number of aliphatic imine (C=N–C) groups is 1. The van der Waals surface area contributed by atoms with Crippen LogP contribution in [0.25, 0.3) is 6.08 Å². The molecule has 24 heavy (non-hydrogen) atoms. The summed E-state index contributed by atoms with van der Waals surface area (Å²) in [5.41, 5.74) is 2.55. The van der Waals surface area contributed by atoms with E-state index in [0.717, 1.165) is 22.2 Å². The molecule has 1 amide bonds. The Bertz CT molecular complexity index is 810. The zero-order chi connectivity index (χ0) is 16.9. The minimum absolute atomic E-state index is 0.157. The molecule has 5 heteroatoms. The van der Waals surface area contributed by atoms with E-state index in [9.17, 15) is 4.79 Å². The molecule has 3 rings (SSSR count). The van der Waals surface area contributed by atoms with Gasteiger partial charge in [-0.25, -0.2) is 4.99 Å². The standard InChI is InChI=1S/C19H17BrN2O2/c1-24-15-9-6-13(7-10-15)8-11-18-21-17(19(23)22-18)12-14-4-2-3-5-16(14)20/h2-7,9-10,12H,8,11H2,1H3,(H,21,22,23)/b17-12-. The van der Waals surface area contributed by atoms with Crippen molar-refractivity contribution in [2.75, 3.05) is 7.11 Å². The molecule has 0 atom stereocenters. The molecule has 122 valence electrons. The number of rotatable bonds is 5. The van der Waals surface area contributed by atoms with Gasteiger partial charge in [0.2, 0.25) is 0 Å². The van der Waals surface area contributed by atoms with E-state index in [1.807, 2.05) is 48.5 Å².